The third-order valence-corrected chi connectivity index (χ3v) is 9.94. The van der Waals surface area contributed by atoms with E-state index in [1.807, 2.05) is 0 Å². The topological polar surface area (TPSA) is 20.2 Å². The van der Waals surface area contributed by atoms with Crippen LogP contribution in [-0.4, -0.2) is 11.2 Å². The summed E-state index contributed by atoms with van der Waals surface area (Å²) >= 11 is 0. The molecule has 0 saturated heterocycles. The Bertz CT molecular complexity index is 725. The third-order valence-electron chi connectivity index (χ3n) is 9.94. The van der Waals surface area contributed by atoms with Crippen molar-refractivity contribution in [2.24, 2.45) is 40.4 Å². The van der Waals surface area contributed by atoms with Gasteiger partial charge in [-0.1, -0.05) is 78.2 Å². The van der Waals surface area contributed by atoms with E-state index in [1.54, 1.807) is 11.1 Å². The molecule has 4 rings (SSSR count). The number of rotatable bonds is 5. The lowest BCUT2D eigenvalue weighted by atomic mass is 9.54. The Kier molecular flexibility index (Phi) is 5.69. The maximum Gasteiger partial charge on any atom is 0.0578 e. The molecule has 1 heteroatoms. The molecule has 0 radical (unpaired) electrons. The van der Waals surface area contributed by atoms with Crippen LogP contribution in [0.4, 0.5) is 0 Å². The summed E-state index contributed by atoms with van der Waals surface area (Å²) in [5.41, 5.74) is 5.38. The van der Waals surface area contributed by atoms with Crippen LogP contribution >= 0.6 is 0 Å². The maximum atomic E-state index is 10.2. The summed E-state index contributed by atoms with van der Waals surface area (Å²) in [5, 5.41) is 10.2. The lowest BCUT2D eigenvalue weighted by molar-refractivity contribution is 0.105. The van der Waals surface area contributed by atoms with Gasteiger partial charge in [0.15, 0.2) is 0 Å². The Morgan fingerprint density at radius 1 is 1.03 bits per heavy atom. The second-order valence-corrected chi connectivity index (χ2v) is 11.9. The summed E-state index contributed by atoms with van der Waals surface area (Å²) in [4.78, 5) is 0. The Morgan fingerprint density at radius 3 is 2.52 bits per heavy atom. The largest absolute Gasteiger partial charge is 0.393 e. The van der Waals surface area contributed by atoms with Crippen molar-refractivity contribution < 1.29 is 5.11 Å². The quantitative estimate of drug-likeness (QED) is 0.511. The van der Waals surface area contributed by atoms with Crippen LogP contribution in [0.1, 0.15) is 92.9 Å². The maximum absolute atomic E-state index is 10.2. The van der Waals surface area contributed by atoms with E-state index in [0.717, 1.165) is 48.9 Å². The van der Waals surface area contributed by atoms with Gasteiger partial charge in [0.25, 0.3) is 0 Å². The fourth-order valence-corrected chi connectivity index (χ4v) is 7.39. The van der Waals surface area contributed by atoms with E-state index < -0.39 is 0 Å². The molecular formula is C28H44O. The van der Waals surface area contributed by atoms with Crippen molar-refractivity contribution in [1.82, 2.24) is 0 Å². The highest BCUT2D eigenvalue weighted by Crippen LogP contribution is 2.64. The molecule has 29 heavy (non-hydrogen) atoms. The van der Waals surface area contributed by atoms with Gasteiger partial charge in [0.2, 0.25) is 0 Å². The standard InChI is InChI=1S/C28H44O/c1-18(2)19(3)7-8-20(4)24-11-12-25-23-10-9-21-17-22(29)13-15-27(21,5)26(23)14-16-28(24,25)6/h9-10,14,18-20,22,24-25,29H,7-8,11-13,15-17H2,1-6H3/t19-,20+,22-,24+,25-,27-,28+/m0/s1. The predicted octanol–water partition coefficient (Wildman–Crippen LogP) is 7.47. The second-order valence-electron chi connectivity index (χ2n) is 11.9. The first-order valence-corrected chi connectivity index (χ1v) is 12.5. The molecule has 0 spiro atoms. The molecule has 0 aliphatic heterocycles. The van der Waals surface area contributed by atoms with Crippen LogP contribution in [0.2, 0.25) is 0 Å². The van der Waals surface area contributed by atoms with Gasteiger partial charge in [-0.2, -0.15) is 0 Å². The van der Waals surface area contributed by atoms with Crippen LogP contribution in [0.5, 0.6) is 0 Å². The molecule has 4 aliphatic carbocycles. The van der Waals surface area contributed by atoms with Gasteiger partial charge in [0, 0.05) is 5.41 Å². The zero-order chi connectivity index (χ0) is 21.0. The monoisotopic (exact) mass is 396 g/mol. The molecule has 0 unspecified atom stereocenters. The molecule has 0 heterocycles. The molecule has 0 bridgehead atoms. The Balaban J connectivity index is 1.56. The predicted molar refractivity (Wildman–Crippen MR) is 124 cm³/mol. The van der Waals surface area contributed by atoms with Crippen LogP contribution in [0, 0.1) is 40.4 Å². The molecule has 2 fully saturated rings. The number of aliphatic hydroxyl groups is 1. The molecule has 1 N–H and O–H groups in total. The SMILES string of the molecule is CC(C)[C@@H](C)CC[C@@H](C)[C@H]1CC[C@H]2C3=CC=C4C[C@@H](O)CC[C@]4(C)C3=CC[C@]12C. The van der Waals surface area contributed by atoms with Gasteiger partial charge in [-0.15, -0.1) is 0 Å². The average Bonchev–Trinajstić information content (AvgIpc) is 3.03. The number of hydrogen-bond donors (Lipinski definition) is 1. The summed E-state index contributed by atoms with van der Waals surface area (Å²) < 4.78 is 0. The molecule has 162 valence electrons. The smallest absolute Gasteiger partial charge is 0.0578 e. The van der Waals surface area contributed by atoms with Crippen LogP contribution in [-0.2, 0) is 0 Å². The summed E-state index contributed by atoms with van der Waals surface area (Å²) in [7, 11) is 0. The molecular weight excluding hydrogens is 352 g/mol. The van der Waals surface area contributed by atoms with Crippen molar-refractivity contribution in [2.75, 3.05) is 0 Å². The van der Waals surface area contributed by atoms with Crippen LogP contribution in [0.15, 0.2) is 34.9 Å². The molecule has 0 amide bonds. The first-order valence-electron chi connectivity index (χ1n) is 12.5. The first-order chi connectivity index (χ1) is 13.7. The number of fused-ring (bicyclic) bond motifs is 5. The molecule has 0 aromatic rings. The minimum atomic E-state index is -0.135. The summed E-state index contributed by atoms with van der Waals surface area (Å²) in [6.07, 6.45) is 17.1. The zero-order valence-electron chi connectivity index (χ0n) is 19.8. The normalized spacial score (nSPS) is 41.0. The van der Waals surface area contributed by atoms with Gasteiger partial charge in [-0.05, 0) is 84.7 Å². The fraction of sp³-hybridized carbons (Fsp3) is 0.786. The Hall–Kier alpha value is -0.820. The van der Waals surface area contributed by atoms with E-state index in [-0.39, 0.29) is 11.5 Å². The molecule has 0 aromatic carbocycles. The highest BCUT2D eigenvalue weighted by atomic mass is 16.3. The molecule has 1 nitrogen and oxygen atoms in total. The highest BCUT2D eigenvalue weighted by Gasteiger charge is 2.54. The number of hydrogen-bond acceptors (Lipinski definition) is 1. The lowest BCUT2D eigenvalue weighted by Crippen LogP contribution is -2.41. The van der Waals surface area contributed by atoms with E-state index in [9.17, 15) is 5.11 Å². The zero-order valence-corrected chi connectivity index (χ0v) is 19.8. The minimum absolute atomic E-state index is 0.135. The summed E-state index contributed by atoms with van der Waals surface area (Å²) in [5.74, 6) is 4.07. The van der Waals surface area contributed by atoms with E-state index in [1.165, 1.54) is 37.7 Å². The van der Waals surface area contributed by atoms with Crippen molar-refractivity contribution in [3.05, 3.63) is 34.9 Å². The van der Waals surface area contributed by atoms with Crippen molar-refractivity contribution >= 4 is 0 Å². The molecule has 2 saturated carbocycles. The molecule has 4 aliphatic rings. The third kappa shape index (κ3) is 3.50. The van der Waals surface area contributed by atoms with Gasteiger partial charge in [-0.3, -0.25) is 0 Å². The highest BCUT2D eigenvalue weighted by molar-refractivity contribution is 5.53. The Labute approximate surface area is 179 Å². The number of aliphatic hydroxyl groups excluding tert-OH is 1. The van der Waals surface area contributed by atoms with Crippen LogP contribution < -0.4 is 0 Å². The van der Waals surface area contributed by atoms with Gasteiger partial charge in [0.1, 0.15) is 0 Å². The van der Waals surface area contributed by atoms with Gasteiger partial charge >= 0.3 is 0 Å². The molecule has 0 aromatic heterocycles. The van der Waals surface area contributed by atoms with Crippen molar-refractivity contribution in [3.63, 3.8) is 0 Å². The van der Waals surface area contributed by atoms with E-state index in [2.05, 4.69) is 59.8 Å². The van der Waals surface area contributed by atoms with Crippen LogP contribution in [0.3, 0.4) is 0 Å². The van der Waals surface area contributed by atoms with E-state index in [4.69, 9.17) is 0 Å². The van der Waals surface area contributed by atoms with E-state index >= 15 is 0 Å². The van der Waals surface area contributed by atoms with Crippen molar-refractivity contribution in [2.45, 2.75) is 99.0 Å². The van der Waals surface area contributed by atoms with E-state index in [0.29, 0.717) is 5.41 Å². The molecule has 7 atom stereocenters. The Morgan fingerprint density at radius 2 is 1.79 bits per heavy atom. The number of allylic oxidation sites excluding steroid dienone is 5. The van der Waals surface area contributed by atoms with Crippen LogP contribution in [0.25, 0.3) is 0 Å². The van der Waals surface area contributed by atoms with Gasteiger partial charge in [-0.25, -0.2) is 0 Å². The summed E-state index contributed by atoms with van der Waals surface area (Å²) in [6, 6.07) is 0. The van der Waals surface area contributed by atoms with Gasteiger partial charge in [0.05, 0.1) is 6.10 Å². The fourth-order valence-electron chi connectivity index (χ4n) is 7.39. The van der Waals surface area contributed by atoms with Crippen molar-refractivity contribution in [1.29, 1.82) is 0 Å². The van der Waals surface area contributed by atoms with Gasteiger partial charge < -0.3 is 5.11 Å². The first kappa shape index (κ1) is 21.4. The minimum Gasteiger partial charge on any atom is -0.393 e. The lowest BCUT2D eigenvalue weighted by Gasteiger charge is -2.50. The summed E-state index contributed by atoms with van der Waals surface area (Å²) in [6.45, 7) is 14.8. The average molecular weight is 397 g/mol. The second kappa shape index (κ2) is 7.70. The van der Waals surface area contributed by atoms with Crippen molar-refractivity contribution in [3.8, 4) is 0 Å².